The number of methoxy groups -OCH3 is 1. The fourth-order valence-corrected chi connectivity index (χ4v) is 2.52. The molecule has 19 heavy (non-hydrogen) atoms. The minimum Gasteiger partial charge on any atom is -0.497 e. The van der Waals surface area contributed by atoms with Crippen molar-refractivity contribution in [3.05, 3.63) is 24.3 Å². The van der Waals surface area contributed by atoms with Gasteiger partial charge >= 0.3 is 6.03 Å². The molecule has 1 saturated heterocycles. The fraction of sp³-hybridized carbons (Fsp3) is 0.500. The highest BCUT2D eigenvalue weighted by molar-refractivity contribution is 5.90. The van der Waals surface area contributed by atoms with Gasteiger partial charge in [0, 0.05) is 30.9 Å². The summed E-state index contributed by atoms with van der Waals surface area (Å²) in [7, 11) is 1.60. The monoisotopic (exact) mass is 263 g/mol. The second kappa shape index (κ2) is 5.93. The van der Waals surface area contributed by atoms with Crippen LogP contribution in [0.1, 0.15) is 13.3 Å². The lowest BCUT2D eigenvalue weighted by Gasteiger charge is -2.26. The standard InChI is InChI=1S/C14H21N3O2/c1-10-6-7-17(13(10)9-15)14(18)16-11-4-3-5-12(8-11)19-2/h3-5,8,10,13H,6-7,9,15H2,1-2H3,(H,16,18). The van der Waals surface area contributed by atoms with Crippen molar-refractivity contribution in [2.45, 2.75) is 19.4 Å². The summed E-state index contributed by atoms with van der Waals surface area (Å²) in [5.74, 6) is 1.18. The molecule has 0 aromatic heterocycles. The number of hydrogen-bond donors (Lipinski definition) is 2. The summed E-state index contributed by atoms with van der Waals surface area (Å²) in [6, 6.07) is 7.38. The third-order valence-corrected chi connectivity index (χ3v) is 3.71. The first-order chi connectivity index (χ1) is 9.15. The number of nitrogens with one attached hydrogen (secondary N) is 1. The molecule has 5 nitrogen and oxygen atoms in total. The lowest BCUT2D eigenvalue weighted by molar-refractivity contribution is 0.202. The number of rotatable bonds is 3. The number of amides is 2. The number of anilines is 1. The van der Waals surface area contributed by atoms with Gasteiger partial charge in [0.25, 0.3) is 0 Å². The molecule has 1 fully saturated rings. The molecule has 2 rings (SSSR count). The maximum atomic E-state index is 12.2. The van der Waals surface area contributed by atoms with Crippen LogP contribution in [0.5, 0.6) is 5.75 Å². The first-order valence-electron chi connectivity index (χ1n) is 6.57. The van der Waals surface area contributed by atoms with Crippen LogP contribution in [0.15, 0.2) is 24.3 Å². The molecule has 3 N–H and O–H groups in total. The van der Waals surface area contributed by atoms with Crippen molar-refractivity contribution in [1.82, 2.24) is 4.90 Å². The topological polar surface area (TPSA) is 67.6 Å². The maximum Gasteiger partial charge on any atom is 0.322 e. The molecule has 0 bridgehead atoms. The van der Waals surface area contributed by atoms with E-state index in [-0.39, 0.29) is 12.1 Å². The van der Waals surface area contributed by atoms with Gasteiger partial charge in [-0.3, -0.25) is 0 Å². The van der Waals surface area contributed by atoms with Crippen LogP contribution in [0.25, 0.3) is 0 Å². The SMILES string of the molecule is COc1cccc(NC(=O)N2CCC(C)C2CN)c1. The lowest BCUT2D eigenvalue weighted by Crippen LogP contribution is -2.44. The van der Waals surface area contributed by atoms with Crippen molar-refractivity contribution < 1.29 is 9.53 Å². The van der Waals surface area contributed by atoms with Crippen LogP contribution in [-0.2, 0) is 0 Å². The van der Waals surface area contributed by atoms with E-state index >= 15 is 0 Å². The Balaban J connectivity index is 2.04. The predicted octanol–water partition coefficient (Wildman–Crippen LogP) is 1.90. The highest BCUT2D eigenvalue weighted by atomic mass is 16.5. The largest absolute Gasteiger partial charge is 0.497 e. The lowest BCUT2D eigenvalue weighted by atomic mass is 10.0. The molecular weight excluding hydrogens is 242 g/mol. The Labute approximate surface area is 113 Å². The molecule has 1 aliphatic heterocycles. The Hall–Kier alpha value is -1.75. The van der Waals surface area contributed by atoms with E-state index in [0.717, 1.165) is 24.4 Å². The summed E-state index contributed by atoms with van der Waals surface area (Å²) in [5.41, 5.74) is 6.49. The molecule has 1 heterocycles. The van der Waals surface area contributed by atoms with E-state index in [4.69, 9.17) is 10.5 Å². The van der Waals surface area contributed by atoms with E-state index in [1.54, 1.807) is 13.2 Å². The molecule has 2 amide bonds. The second-order valence-corrected chi connectivity index (χ2v) is 4.92. The van der Waals surface area contributed by atoms with E-state index < -0.39 is 0 Å². The molecule has 0 spiro atoms. The number of carbonyl (C=O) groups is 1. The van der Waals surface area contributed by atoms with E-state index in [1.165, 1.54) is 0 Å². The zero-order valence-electron chi connectivity index (χ0n) is 11.4. The second-order valence-electron chi connectivity index (χ2n) is 4.92. The van der Waals surface area contributed by atoms with Crippen LogP contribution in [-0.4, -0.2) is 37.2 Å². The average molecular weight is 263 g/mol. The summed E-state index contributed by atoms with van der Waals surface area (Å²) in [4.78, 5) is 14.1. The van der Waals surface area contributed by atoms with Gasteiger partial charge in [-0.2, -0.15) is 0 Å². The van der Waals surface area contributed by atoms with Gasteiger partial charge in [-0.05, 0) is 24.5 Å². The van der Waals surface area contributed by atoms with E-state index in [2.05, 4.69) is 12.2 Å². The number of nitrogens with two attached hydrogens (primary N) is 1. The molecule has 1 aromatic rings. The Bertz CT molecular complexity index is 450. The molecule has 0 aliphatic carbocycles. The Morgan fingerprint density at radius 2 is 2.37 bits per heavy atom. The molecule has 104 valence electrons. The van der Waals surface area contributed by atoms with Gasteiger partial charge in [-0.15, -0.1) is 0 Å². The van der Waals surface area contributed by atoms with Crippen molar-refractivity contribution in [3.63, 3.8) is 0 Å². The molecular formula is C14H21N3O2. The minimum absolute atomic E-state index is 0.0898. The number of nitrogens with zero attached hydrogens (tertiary/aromatic N) is 1. The van der Waals surface area contributed by atoms with Crippen LogP contribution in [0.2, 0.25) is 0 Å². The van der Waals surface area contributed by atoms with Gasteiger partial charge in [0.1, 0.15) is 5.75 Å². The van der Waals surface area contributed by atoms with Gasteiger partial charge in [0.15, 0.2) is 0 Å². The van der Waals surface area contributed by atoms with Crippen molar-refractivity contribution in [1.29, 1.82) is 0 Å². The van der Waals surface area contributed by atoms with Gasteiger partial charge in [-0.1, -0.05) is 13.0 Å². The summed E-state index contributed by atoms with van der Waals surface area (Å²) in [6.07, 6.45) is 1.01. The molecule has 0 radical (unpaired) electrons. The Morgan fingerprint density at radius 1 is 1.58 bits per heavy atom. The molecule has 1 aromatic carbocycles. The summed E-state index contributed by atoms with van der Waals surface area (Å²) in [6.45, 7) is 3.40. The first kappa shape index (κ1) is 13.7. The van der Waals surface area contributed by atoms with Crippen molar-refractivity contribution in [2.24, 2.45) is 11.7 Å². The van der Waals surface area contributed by atoms with Crippen molar-refractivity contribution in [2.75, 3.05) is 25.5 Å². The first-order valence-corrected chi connectivity index (χ1v) is 6.57. The summed E-state index contributed by atoms with van der Waals surface area (Å²) in [5, 5.41) is 2.89. The highest BCUT2D eigenvalue weighted by Crippen LogP contribution is 2.24. The van der Waals surface area contributed by atoms with Gasteiger partial charge in [0.2, 0.25) is 0 Å². The number of benzene rings is 1. The van der Waals surface area contributed by atoms with Crippen LogP contribution in [0, 0.1) is 5.92 Å². The van der Waals surface area contributed by atoms with E-state index in [9.17, 15) is 4.79 Å². The number of carbonyl (C=O) groups excluding carboxylic acids is 1. The zero-order chi connectivity index (χ0) is 13.8. The van der Waals surface area contributed by atoms with E-state index in [0.29, 0.717) is 12.5 Å². The Kier molecular flexibility index (Phi) is 4.27. The molecule has 1 aliphatic rings. The van der Waals surface area contributed by atoms with Crippen molar-refractivity contribution >= 4 is 11.7 Å². The summed E-state index contributed by atoms with van der Waals surface area (Å²) >= 11 is 0. The quantitative estimate of drug-likeness (QED) is 0.875. The fourth-order valence-electron chi connectivity index (χ4n) is 2.52. The molecule has 5 heteroatoms. The van der Waals surface area contributed by atoms with Crippen LogP contribution < -0.4 is 15.8 Å². The zero-order valence-corrected chi connectivity index (χ0v) is 11.4. The average Bonchev–Trinajstić information content (AvgIpc) is 2.80. The van der Waals surface area contributed by atoms with Gasteiger partial charge in [-0.25, -0.2) is 4.79 Å². The molecule has 0 saturated carbocycles. The molecule has 2 atom stereocenters. The third-order valence-electron chi connectivity index (χ3n) is 3.71. The van der Waals surface area contributed by atoms with Crippen LogP contribution in [0.3, 0.4) is 0 Å². The number of urea groups is 1. The van der Waals surface area contributed by atoms with Crippen LogP contribution >= 0.6 is 0 Å². The van der Waals surface area contributed by atoms with Crippen LogP contribution in [0.4, 0.5) is 10.5 Å². The Morgan fingerprint density at radius 3 is 3.05 bits per heavy atom. The van der Waals surface area contributed by atoms with Gasteiger partial charge < -0.3 is 20.7 Å². The minimum atomic E-state index is -0.0898. The van der Waals surface area contributed by atoms with E-state index in [1.807, 2.05) is 23.1 Å². The number of ether oxygens (including phenoxy) is 1. The highest BCUT2D eigenvalue weighted by Gasteiger charge is 2.33. The molecule has 2 unspecified atom stereocenters. The summed E-state index contributed by atoms with van der Waals surface area (Å²) < 4.78 is 5.14. The van der Waals surface area contributed by atoms with Gasteiger partial charge in [0.05, 0.1) is 7.11 Å². The number of likely N-dealkylation sites (tertiary alicyclic amines) is 1. The normalized spacial score (nSPS) is 22.4. The van der Waals surface area contributed by atoms with Crippen molar-refractivity contribution in [3.8, 4) is 5.75 Å². The maximum absolute atomic E-state index is 12.2. The number of hydrogen-bond acceptors (Lipinski definition) is 3. The predicted molar refractivity (Wildman–Crippen MR) is 75.3 cm³/mol. The smallest absolute Gasteiger partial charge is 0.322 e. The third kappa shape index (κ3) is 2.98.